The third-order valence-corrected chi connectivity index (χ3v) is 11.0. The van der Waals surface area contributed by atoms with Gasteiger partial charge in [-0.2, -0.15) is 0 Å². The van der Waals surface area contributed by atoms with Crippen molar-refractivity contribution in [1.29, 1.82) is 0 Å². The summed E-state index contributed by atoms with van der Waals surface area (Å²) < 4.78 is 0. The molecular formula is C30H48O. The molecule has 0 heterocycles. The van der Waals surface area contributed by atoms with E-state index in [9.17, 15) is 4.79 Å². The first-order valence-electron chi connectivity index (χ1n) is 13.2. The van der Waals surface area contributed by atoms with Crippen molar-refractivity contribution in [2.45, 2.75) is 119 Å². The summed E-state index contributed by atoms with van der Waals surface area (Å²) in [4.78, 5) is 12.8. The summed E-state index contributed by atoms with van der Waals surface area (Å²) in [6.07, 6.45) is 13.4. The van der Waals surface area contributed by atoms with E-state index < -0.39 is 0 Å². The summed E-state index contributed by atoms with van der Waals surface area (Å²) in [5.41, 5.74) is 6.05. The van der Waals surface area contributed by atoms with Crippen molar-refractivity contribution in [3.05, 3.63) is 23.3 Å². The molecule has 3 saturated carbocycles. The average molecular weight is 425 g/mol. The van der Waals surface area contributed by atoms with E-state index >= 15 is 0 Å². The van der Waals surface area contributed by atoms with Crippen LogP contribution in [0.1, 0.15) is 119 Å². The Morgan fingerprint density at radius 3 is 2.35 bits per heavy atom. The van der Waals surface area contributed by atoms with Gasteiger partial charge in [-0.05, 0) is 105 Å². The SMILES string of the molecule is C=C1CCC2C(C)(C)C(=O)CC[C@]2(C)C1CCC1=C(C)CC[C@@]2(C)CCC(C)(C)C[C@H]12. The molecule has 4 aliphatic carbocycles. The van der Waals surface area contributed by atoms with Crippen molar-refractivity contribution in [2.75, 3.05) is 0 Å². The van der Waals surface area contributed by atoms with E-state index in [1.165, 1.54) is 50.5 Å². The molecule has 4 aliphatic rings. The topological polar surface area (TPSA) is 17.1 Å². The van der Waals surface area contributed by atoms with E-state index in [0.29, 0.717) is 28.4 Å². The summed E-state index contributed by atoms with van der Waals surface area (Å²) in [6, 6.07) is 0. The van der Waals surface area contributed by atoms with E-state index in [1.54, 1.807) is 5.57 Å². The molecule has 2 unspecified atom stereocenters. The number of carbonyl (C=O) groups excluding carboxylic acids is 1. The first kappa shape index (κ1) is 23.3. The van der Waals surface area contributed by atoms with Crippen LogP contribution in [0.3, 0.4) is 0 Å². The van der Waals surface area contributed by atoms with Gasteiger partial charge in [-0.3, -0.25) is 4.79 Å². The molecule has 3 fully saturated rings. The van der Waals surface area contributed by atoms with Crippen LogP contribution in [0.4, 0.5) is 0 Å². The molecule has 0 aliphatic heterocycles. The minimum atomic E-state index is -0.169. The van der Waals surface area contributed by atoms with Gasteiger partial charge in [-0.15, -0.1) is 0 Å². The number of allylic oxidation sites excluding steroid dienone is 3. The van der Waals surface area contributed by atoms with Crippen LogP contribution in [0.15, 0.2) is 23.3 Å². The molecular weight excluding hydrogens is 376 g/mol. The maximum Gasteiger partial charge on any atom is 0.138 e. The average Bonchev–Trinajstić information content (AvgIpc) is 2.67. The third-order valence-electron chi connectivity index (χ3n) is 11.0. The summed E-state index contributed by atoms with van der Waals surface area (Å²) >= 11 is 0. The molecule has 0 bridgehead atoms. The third kappa shape index (κ3) is 3.80. The number of hydrogen-bond donors (Lipinski definition) is 0. The van der Waals surface area contributed by atoms with E-state index in [0.717, 1.165) is 31.6 Å². The van der Waals surface area contributed by atoms with Gasteiger partial charge in [-0.1, -0.05) is 64.8 Å². The summed E-state index contributed by atoms with van der Waals surface area (Å²) in [7, 11) is 0. The van der Waals surface area contributed by atoms with Crippen molar-refractivity contribution >= 4 is 5.78 Å². The maximum atomic E-state index is 12.8. The highest BCUT2D eigenvalue weighted by Crippen LogP contribution is 2.62. The molecule has 0 spiro atoms. The second-order valence-electron chi connectivity index (χ2n) is 13.9. The quantitative estimate of drug-likeness (QED) is 0.414. The normalized spacial score (nSPS) is 42.2. The van der Waals surface area contributed by atoms with Crippen molar-refractivity contribution in [1.82, 2.24) is 0 Å². The summed E-state index contributed by atoms with van der Waals surface area (Å²) in [6.45, 7) is 21.6. The lowest BCUT2D eigenvalue weighted by Crippen LogP contribution is -2.53. The van der Waals surface area contributed by atoms with E-state index in [1.807, 2.05) is 5.57 Å². The minimum absolute atomic E-state index is 0.169. The molecule has 174 valence electrons. The first-order valence-corrected chi connectivity index (χ1v) is 13.2. The molecule has 1 heteroatoms. The van der Waals surface area contributed by atoms with Gasteiger partial charge in [0.2, 0.25) is 0 Å². The van der Waals surface area contributed by atoms with Crippen molar-refractivity contribution in [2.24, 2.45) is 39.4 Å². The summed E-state index contributed by atoms with van der Waals surface area (Å²) in [5.74, 6) is 2.35. The lowest BCUT2D eigenvalue weighted by molar-refractivity contribution is -0.144. The molecule has 0 amide bonds. The largest absolute Gasteiger partial charge is 0.299 e. The fourth-order valence-corrected chi connectivity index (χ4v) is 8.67. The lowest BCUT2D eigenvalue weighted by Gasteiger charge is -2.57. The predicted molar refractivity (Wildman–Crippen MR) is 132 cm³/mol. The smallest absolute Gasteiger partial charge is 0.138 e. The summed E-state index contributed by atoms with van der Waals surface area (Å²) in [5, 5.41) is 0. The Balaban J connectivity index is 1.58. The molecule has 0 radical (unpaired) electrons. The van der Waals surface area contributed by atoms with E-state index in [4.69, 9.17) is 0 Å². The van der Waals surface area contributed by atoms with Gasteiger partial charge in [0.25, 0.3) is 0 Å². The Morgan fingerprint density at radius 1 is 0.935 bits per heavy atom. The zero-order chi connectivity index (χ0) is 22.8. The van der Waals surface area contributed by atoms with Crippen LogP contribution in [0.2, 0.25) is 0 Å². The van der Waals surface area contributed by atoms with E-state index in [-0.39, 0.29) is 10.8 Å². The Labute approximate surface area is 192 Å². The van der Waals surface area contributed by atoms with Crippen molar-refractivity contribution in [3.8, 4) is 0 Å². The Hall–Kier alpha value is -0.850. The van der Waals surface area contributed by atoms with Crippen LogP contribution in [0.5, 0.6) is 0 Å². The molecule has 0 saturated heterocycles. The molecule has 1 nitrogen and oxygen atoms in total. The van der Waals surface area contributed by atoms with Gasteiger partial charge in [0, 0.05) is 11.8 Å². The standard InChI is InChI=1S/C30H48O/c1-20-13-15-29(7)18-17-27(3,4)19-24(29)22(20)10-11-23-21(2)9-12-25-28(5,6)26(31)14-16-30(23,25)8/h23-25H,2,9-19H2,1,3-8H3/t23?,24-,25?,29+,30-/m1/s1. The highest BCUT2D eigenvalue weighted by Gasteiger charge is 2.56. The zero-order valence-electron chi connectivity index (χ0n) is 21.6. The number of hydrogen-bond acceptors (Lipinski definition) is 1. The highest BCUT2D eigenvalue weighted by molar-refractivity contribution is 5.85. The fraction of sp³-hybridized carbons (Fsp3) is 0.833. The highest BCUT2D eigenvalue weighted by atomic mass is 16.1. The van der Waals surface area contributed by atoms with Crippen LogP contribution in [0, 0.1) is 39.4 Å². The lowest BCUT2D eigenvalue weighted by atomic mass is 9.46. The molecule has 4 rings (SSSR count). The van der Waals surface area contributed by atoms with Crippen LogP contribution in [-0.4, -0.2) is 5.78 Å². The molecule has 0 aromatic carbocycles. The predicted octanol–water partition coefficient (Wildman–Crippen LogP) is 8.69. The minimum Gasteiger partial charge on any atom is -0.299 e. The molecule has 0 aromatic heterocycles. The number of Topliss-reactive ketones (excluding diaryl/α,β-unsaturated/α-hetero) is 1. The van der Waals surface area contributed by atoms with Crippen LogP contribution in [-0.2, 0) is 4.79 Å². The van der Waals surface area contributed by atoms with Gasteiger partial charge in [0.05, 0.1) is 0 Å². The monoisotopic (exact) mass is 424 g/mol. The number of ketones is 1. The van der Waals surface area contributed by atoms with Gasteiger partial charge in [0.1, 0.15) is 5.78 Å². The van der Waals surface area contributed by atoms with Gasteiger partial charge in [-0.25, -0.2) is 0 Å². The number of fused-ring (bicyclic) bond motifs is 2. The Bertz CT molecular complexity index is 795. The maximum absolute atomic E-state index is 12.8. The van der Waals surface area contributed by atoms with E-state index in [2.05, 4.69) is 55.0 Å². The number of carbonyl (C=O) groups is 1. The fourth-order valence-electron chi connectivity index (χ4n) is 8.67. The molecule has 0 aromatic rings. The van der Waals surface area contributed by atoms with Crippen molar-refractivity contribution < 1.29 is 4.79 Å². The molecule has 0 N–H and O–H groups in total. The van der Waals surface area contributed by atoms with Crippen LogP contribution >= 0.6 is 0 Å². The molecule has 31 heavy (non-hydrogen) atoms. The van der Waals surface area contributed by atoms with Gasteiger partial charge in [0.15, 0.2) is 0 Å². The number of rotatable bonds is 3. The molecule has 5 atom stereocenters. The van der Waals surface area contributed by atoms with Gasteiger partial charge < -0.3 is 0 Å². The van der Waals surface area contributed by atoms with Crippen molar-refractivity contribution in [3.63, 3.8) is 0 Å². The van der Waals surface area contributed by atoms with Crippen LogP contribution < -0.4 is 0 Å². The first-order chi connectivity index (χ1) is 14.3. The van der Waals surface area contributed by atoms with Gasteiger partial charge >= 0.3 is 0 Å². The van der Waals surface area contributed by atoms with Crippen LogP contribution in [0.25, 0.3) is 0 Å². The zero-order valence-corrected chi connectivity index (χ0v) is 21.6. The second-order valence-corrected chi connectivity index (χ2v) is 13.9. The second kappa shape index (κ2) is 7.59. The Kier molecular flexibility index (Phi) is 5.71. The Morgan fingerprint density at radius 2 is 1.65 bits per heavy atom.